The summed E-state index contributed by atoms with van der Waals surface area (Å²) in [5.41, 5.74) is -4.22. The van der Waals surface area contributed by atoms with Crippen molar-refractivity contribution < 1.29 is 47.7 Å². The van der Waals surface area contributed by atoms with Crippen molar-refractivity contribution in [3.63, 3.8) is 0 Å². The molecule has 4 amide bonds. The topological polar surface area (TPSA) is 193 Å². The van der Waals surface area contributed by atoms with Crippen molar-refractivity contribution in [1.29, 1.82) is 0 Å². The third-order valence-corrected chi connectivity index (χ3v) is 9.39. The molecule has 2 aliphatic heterocycles. The molecule has 5 rings (SSSR count). The molecule has 1 saturated heterocycles. The van der Waals surface area contributed by atoms with E-state index in [1.807, 2.05) is 0 Å². The lowest BCUT2D eigenvalue weighted by molar-refractivity contribution is 0.00282. The molecular formula is C42H56ClN7O10. The van der Waals surface area contributed by atoms with Crippen LogP contribution >= 0.6 is 11.6 Å². The van der Waals surface area contributed by atoms with E-state index in [2.05, 4.69) is 20.6 Å². The average Bonchev–Trinajstić information content (AvgIpc) is 3.43. The van der Waals surface area contributed by atoms with E-state index in [4.69, 9.17) is 35.3 Å². The van der Waals surface area contributed by atoms with Crippen molar-refractivity contribution in [3.8, 4) is 17.1 Å². The molecule has 2 aromatic heterocycles. The van der Waals surface area contributed by atoms with E-state index < -0.39 is 58.1 Å². The summed E-state index contributed by atoms with van der Waals surface area (Å²) in [6.45, 7) is 20.7. The van der Waals surface area contributed by atoms with Crippen molar-refractivity contribution >= 4 is 59.2 Å². The highest BCUT2D eigenvalue weighted by Gasteiger charge is 2.54. The van der Waals surface area contributed by atoms with Gasteiger partial charge < -0.3 is 33.9 Å². The zero-order valence-electron chi connectivity index (χ0n) is 36.6. The number of imide groups is 1. The molecule has 0 radical (unpaired) electrons. The first-order valence-electron chi connectivity index (χ1n) is 19.6. The van der Waals surface area contributed by atoms with E-state index >= 15 is 4.79 Å². The minimum Gasteiger partial charge on any atom is -0.493 e. The summed E-state index contributed by atoms with van der Waals surface area (Å²) in [5, 5.41) is 6.09. The summed E-state index contributed by atoms with van der Waals surface area (Å²) in [6, 6.07) is 6.45. The van der Waals surface area contributed by atoms with Gasteiger partial charge in [-0.1, -0.05) is 17.7 Å². The lowest BCUT2D eigenvalue weighted by atomic mass is 9.71. The number of methoxy groups -OCH3 is 1. The molecule has 60 heavy (non-hydrogen) atoms. The Morgan fingerprint density at radius 1 is 0.783 bits per heavy atom. The van der Waals surface area contributed by atoms with Gasteiger partial charge in [0.25, 0.3) is 5.91 Å². The monoisotopic (exact) mass is 853 g/mol. The Morgan fingerprint density at radius 3 is 1.92 bits per heavy atom. The zero-order valence-corrected chi connectivity index (χ0v) is 37.4. The maximum Gasteiger partial charge on any atom is 0.419 e. The summed E-state index contributed by atoms with van der Waals surface area (Å²) in [4.78, 5) is 81.9. The molecule has 17 nitrogen and oxygen atoms in total. The van der Waals surface area contributed by atoms with Crippen LogP contribution in [0.1, 0.15) is 112 Å². The highest BCUT2D eigenvalue weighted by molar-refractivity contribution is 6.32. The van der Waals surface area contributed by atoms with Crippen LogP contribution in [-0.4, -0.2) is 104 Å². The molecule has 326 valence electrons. The van der Waals surface area contributed by atoms with Crippen molar-refractivity contribution in [2.75, 3.05) is 37.4 Å². The number of ether oxygens (including phenoxy) is 5. The van der Waals surface area contributed by atoms with Crippen LogP contribution in [0.15, 0.2) is 30.5 Å². The molecule has 2 N–H and O–H groups in total. The Kier molecular flexibility index (Phi) is 12.5. The van der Waals surface area contributed by atoms with Gasteiger partial charge in [0, 0.05) is 31.2 Å². The number of carbonyl (C=O) groups excluding carboxylic acids is 5. The highest BCUT2D eigenvalue weighted by atomic mass is 35.5. The predicted molar refractivity (Wildman–Crippen MR) is 224 cm³/mol. The van der Waals surface area contributed by atoms with Crippen LogP contribution in [0.2, 0.25) is 5.02 Å². The number of nitrogens with one attached hydrogen (secondary N) is 2. The first-order valence-corrected chi connectivity index (χ1v) is 20.0. The zero-order chi connectivity index (χ0) is 44.7. The molecule has 2 aliphatic rings. The second kappa shape index (κ2) is 16.5. The third-order valence-electron chi connectivity index (χ3n) is 9.10. The minimum atomic E-state index is -1.17. The number of halogens is 1. The minimum absolute atomic E-state index is 0.0271. The molecule has 1 aromatic carbocycles. The van der Waals surface area contributed by atoms with Crippen LogP contribution in [-0.2, 0) is 24.4 Å². The second-order valence-corrected chi connectivity index (χ2v) is 19.1. The molecule has 4 heterocycles. The molecule has 0 saturated carbocycles. The van der Waals surface area contributed by atoms with E-state index in [0.717, 1.165) is 4.90 Å². The number of piperidine rings is 1. The maximum atomic E-state index is 15.2. The predicted octanol–water partition coefficient (Wildman–Crippen LogP) is 9.14. The van der Waals surface area contributed by atoms with Crippen molar-refractivity contribution in [2.24, 2.45) is 0 Å². The number of para-hydroxylation sites is 1. The Hall–Kier alpha value is -5.58. The fourth-order valence-corrected chi connectivity index (χ4v) is 7.17. The summed E-state index contributed by atoms with van der Waals surface area (Å²) in [7, 11) is 1.43. The number of hydrogen-bond acceptors (Lipinski definition) is 13. The van der Waals surface area contributed by atoms with Crippen LogP contribution in [0.5, 0.6) is 5.75 Å². The average molecular weight is 854 g/mol. The standard InChI is InChI=1S/C42H56ClN7O10/c1-38(2,3)57-34(52)47-33-44-20-17-25(46-33)29-28(45-26-16-14-15-24(43)30(26)56-13)27-31(50(29)37(55)60-41(10,11)12)42(23-49(32(27)51)36(54)59-40(7,8)9)18-21-48(22-19-42)35(53)58-39(4,5)6/h14-17,20,45H,18-19,21-23H2,1-13H3,(H,44,46,47,52). The van der Waals surface area contributed by atoms with Gasteiger partial charge in [-0.05, 0) is 114 Å². The first kappa shape index (κ1) is 45.5. The smallest absolute Gasteiger partial charge is 0.419 e. The number of carbonyl (C=O) groups is 5. The largest absolute Gasteiger partial charge is 0.493 e. The molecule has 0 aliphatic carbocycles. The molecule has 0 atom stereocenters. The highest BCUT2D eigenvalue weighted by Crippen LogP contribution is 2.51. The van der Waals surface area contributed by atoms with Gasteiger partial charge in [-0.25, -0.2) is 38.6 Å². The van der Waals surface area contributed by atoms with Gasteiger partial charge >= 0.3 is 24.4 Å². The second-order valence-electron chi connectivity index (χ2n) is 18.7. The first-order chi connectivity index (χ1) is 27.6. The number of benzene rings is 1. The van der Waals surface area contributed by atoms with Crippen LogP contribution in [0.25, 0.3) is 11.4 Å². The van der Waals surface area contributed by atoms with Crippen LogP contribution in [0, 0.1) is 0 Å². The normalized spacial score (nSPS) is 15.5. The fourth-order valence-electron chi connectivity index (χ4n) is 6.92. The molecule has 0 unspecified atom stereocenters. The summed E-state index contributed by atoms with van der Waals surface area (Å²) in [6.07, 6.45) is -1.42. The van der Waals surface area contributed by atoms with Gasteiger partial charge in [0.1, 0.15) is 28.1 Å². The molecule has 3 aromatic rings. The van der Waals surface area contributed by atoms with E-state index in [0.29, 0.717) is 5.69 Å². The summed E-state index contributed by atoms with van der Waals surface area (Å²) in [5.74, 6) is -0.746. The van der Waals surface area contributed by atoms with Crippen LogP contribution in [0.4, 0.5) is 36.5 Å². The lowest BCUT2D eigenvalue weighted by Crippen LogP contribution is -2.58. The lowest BCUT2D eigenvalue weighted by Gasteiger charge is -2.47. The quantitative estimate of drug-likeness (QED) is 0.231. The number of rotatable bonds is 5. The van der Waals surface area contributed by atoms with Gasteiger partial charge in [0.15, 0.2) is 5.75 Å². The Bertz CT molecular complexity index is 2170. The Morgan fingerprint density at radius 2 is 1.35 bits per heavy atom. The Labute approximate surface area is 355 Å². The molecule has 18 heteroatoms. The van der Waals surface area contributed by atoms with E-state index in [9.17, 15) is 19.2 Å². The number of fused-ring (bicyclic) bond motifs is 2. The van der Waals surface area contributed by atoms with Crippen molar-refractivity contribution in [1.82, 2.24) is 24.3 Å². The summed E-state index contributed by atoms with van der Waals surface area (Å²) < 4.78 is 30.0. The number of likely N-dealkylation sites (tertiary alicyclic amines) is 1. The van der Waals surface area contributed by atoms with Crippen LogP contribution < -0.4 is 15.4 Å². The SMILES string of the molecule is COc1c(Cl)cccc1Nc1c2c(n(C(=O)OC(C)(C)C)c1-c1ccnc(NC(=O)OC(C)(C)C)n1)C1(CCN(C(=O)OC(C)(C)C)CC1)CN(C(=O)OC(C)(C)C)C2=O. The van der Waals surface area contributed by atoms with E-state index in [1.54, 1.807) is 106 Å². The van der Waals surface area contributed by atoms with Crippen molar-refractivity contribution in [3.05, 3.63) is 46.7 Å². The van der Waals surface area contributed by atoms with Gasteiger partial charge in [0.05, 0.1) is 40.5 Å². The van der Waals surface area contributed by atoms with Crippen molar-refractivity contribution in [2.45, 2.75) is 124 Å². The molecule has 0 bridgehead atoms. The maximum absolute atomic E-state index is 15.2. The van der Waals surface area contributed by atoms with Gasteiger partial charge in [-0.15, -0.1) is 0 Å². The molecule has 1 spiro atoms. The number of aromatic nitrogens is 3. The van der Waals surface area contributed by atoms with E-state index in [1.165, 1.54) is 23.9 Å². The van der Waals surface area contributed by atoms with E-state index in [-0.39, 0.29) is 77.5 Å². The van der Waals surface area contributed by atoms with Gasteiger partial charge in [-0.2, -0.15) is 0 Å². The molecule has 1 fully saturated rings. The number of anilines is 3. The third kappa shape index (κ3) is 10.4. The van der Waals surface area contributed by atoms with Crippen LogP contribution in [0.3, 0.4) is 0 Å². The summed E-state index contributed by atoms with van der Waals surface area (Å²) >= 11 is 6.59. The van der Waals surface area contributed by atoms with Gasteiger partial charge in [0.2, 0.25) is 5.95 Å². The fraction of sp³-hybridized carbons (Fsp3) is 0.548. The van der Waals surface area contributed by atoms with Gasteiger partial charge in [-0.3, -0.25) is 10.1 Å². The number of hydrogen-bond donors (Lipinski definition) is 2. The Balaban J connectivity index is 1.86. The number of amides is 4. The number of nitrogens with zero attached hydrogens (tertiary/aromatic N) is 5. The molecular weight excluding hydrogens is 798 g/mol.